The number of anilines is 1. The normalized spacial score (nSPS) is 13.0. The molecule has 1 atom stereocenters. The van der Waals surface area contributed by atoms with Crippen molar-refractivity contribution in [3.05, 3.63) is 12.5 Å². The fourth-order valence-corrected chi connectivity index (χ4v) is 1.74. The van der Waals surface area contributed by atoms with Crippen LogP contribution in [0.5, 0.6) is 0 Å². The van der Waals surface area contributed by atoms with Gasteiger partial charge < -0.3 is 10.0 Å². The van der Waals surface area contributed by atoms with E-state index in [1.54, 1.807) is 17.8 Å². The minimum absolute atomic E-state index is 0.397. The molecule has 0 spiro atoms. The SMILES string of the molecule is CC(O)CN(C)c1ncnc2c1cnn2C. The molecule has 2 rings (SSSR count). The van der Waals surface area contributed by atoms with E-state index in [4.69, 9.17) is 0 Å². The molecule has 0 amide bonds. The summed E-state index contributed by atoms with van der Waals surface area (Å²) in [5, 5.41) is 14.4. The minimum atomic E-state index is -0.397. The third-order valence-corrected chi connectivity index (χ3v) is 2.41. The van der Waals surface area contributed by atoms with E-state index >= 15 is 0 Å². The van der Waals surface area contributed by atoms with E-state index in [1.807, 2.05) is 19.0 Å². The summed E-state index contributed by atoms with van der Waals surface area (Å²) in [7, 11) is 3.73. The smallest absolute Gasteiger partial charge is 0.163 e. The maximum Gasteiger partial charge on any atom is 0.163 e. The summed E-state index contributed by atoms with van der Waals surface area (Å²) in [5.74, 6) is 0.791. The maximum atomic E-state index is 9.36. The van der Waals surface area contributed by atoms with Crippen molar-refractivity contribution in [3.8, 4) is 0 Å². The number of aliphatic hydroxyl groups excluding tert-OH is 1. The van der Waals surface area contributed by atoms with Crippen molar-refractivity contribution in [1.82, 2.24) is 19.7 Å². The predicted octanol–water partition coefficient (Wildman–Crippen LogP) is 0.180. The molecular weight excluding hydrogens is 206 g/mol. The van der Waals surface area contributed by atoms with E-state index < -0.39 is 6.10 Å². The summed E-state index contributed by atoms with van der Waals surface area (Å²) in [6, 6.07) is 0. The summed E-state index contributed by atoms with van der Waals surface area (Å²) < 4.78 is 1.71. The first-order valence-electron chi connectivity index (χ1n) is 5.11. The van der Waals surface area contributed by atoms with Gasteiger partial charge in [0.15, 0.2) is 5.65 Å². The second-order valence-electron chi connectivity index (χ2n) is 3.93. The monoisotopic (exact) mass is 221 g/mol. The highest BCUT2D eigenvalue weighted by atomic mass is 16.3. The van der Waals surface area contributed by atoms with Crippen LogP contribution < -0.4 is 4.90 Å². The quantitative estimate of drug-likeness (QED) is 0.800. The average Bonchev–Trinajstić information content (AvgIpc) is 2.59. The Morgan fingerprint density at radius 1 is 1.50 bits per heavy atom. The van der Waals surface area contributed by atoms with Crippen LogP contribution in [0.4, 0.5) is 5.82 Å². The Labute approximate surface area is 93.5 Å². The van der Waals surface area contributed by atoms with Crippen LogP contribution in [0.15, 0.2) is 12.5 Å². The zero-order valence-corrected chi connectivity index (χ0v) is 9.62. The van der Waals surface area contributed by atoms with E-state index in [-0.39, 0.29) is 0 Å². The summed E-state index contributed by atoms with van der Waals surface area (Å²) in [6.45, 7) is 2.28. The molecule has 1 N–H and O–H groups in total. The van der Waals surface area contributed by atoms with Gasteiger partial charge in [0.2, 0.25) is 0 Å². The van der Waals surface area contributed by atoms with Gasteiger partial charge in [0.25, 0.3) is 0 Å². The van der Waals surface area contributed by atoms with Gasteiger partial charge >= 0.3 is 0 Å². The third-order valence-electron chi connectivity index (χ3n) is 2.41. The van der Waals surface area contributed by atoms with Crippen molar-refractivity contribution >= 4 is 16.9 Å². The molecule has 0 saturated carbocycles. The maximum absolute atomic E-state index is 9.36. The van der Waals surface area contributed by atoms with Crippen LogP contribution in [0.1, 0.15) is 6.92 Å². The van der Waals surface area contributed by atoms with E-state index in [9.17, 15) is 5.11 Å². The number of nitrogens with zero attached hydrogens (tertiary/aromatic N) is 5. The van der Waals surface area contributed by atoms with E-state index in [0.717, 1.165) is 16.9 Å². The van der Waals surface area contributed by atoms with Crippen LogP contribution in [0, 0.1) is 0 Å². The third kappa shape index (κ3) is 1.83. The number of likely N-dealkylation sites (N-methyl/N-ethyl adjacent to an activating group) is 1. The van der Waals surface area contributed by atoms with Gasteiger partial charge in [-0.1, -0.05) is 0 Å². The number of aliphatic hydroxyl groups is 1. The van der Waals surface area contributed by atoms with Crippen LogP contribution >= 0.6 is 0 Å². The lowest BCUT2D eigenvalue weighted by molar-refractivity contribution is 0.201. The van der Waals surface area contributed by atoms with Crippen molar-refractivity contribution in [2.75, 3.05) is 18.5 Å². The molecule has 2 aromatic heterocycles. The molecule has 0 radical (unpaired) electrons. The molecule has 0 aromatic carbocycles. The second-order valence-corrected chi connectivity index (χ2v) is 3.93. The van der Waals surface area contributed by atoms with E-state index in [1.165, 1.54) is 6.33 Å². The number of aromatic nitrogens is 4. The molecule has 2 aromatic rings. The molecule has 2 heterocycles. The first-order valence-corrected chi connectivity index (χ1v) is 5.11. The predicted molar refractivity (Wildman–Crippen MR) is 61.3 cm³/mol. The lowest BCUT2D eigenvalue weighted by atomic mass is 10.3. The molecule has 0 aliphatic rings. The van der Waals surface area contributed by atoms with Gasteiger partial charge in [0.05, 0.1) is 17.7 Å². The fraction of sp³-hybridized carbons (Fsp3) is 0.500. The molecule has 0 aliphatic heterocycles. The highest BCUT2D eigenvalue weighted by Gasteiger charge is 2.12. The minimum Gasteiger partial charge on any atom is -0.392 e. The topological polar surface area (TPSA) is 67.1 Å². The zero-order valence-electron chi connectivity index (χ0n) is 9.62. The molecule has 6 nitrogen and oxygen atoms in total. The first kappa shape index (κ1) is 10.8. The summed E-state index contributed by atoms with van der Waals surface area (Å²) in [6.07, 6.45) is 2.85. The van der Waals surface area contributed by atoms with Crippen molar-refractivity contribution < 1.29 is 5.11 Å². The number of aryl methyl sites for hydroxylation is 1. The summed E-state index contributed by atoms with van der Waals surface area (Å²) >= 11 is 0. The summed E-state index contributed by atoms with van der Waals surface area (Å²) in [4.78, 5) is 10.3. The lowest BCUT2D eigenvalue weighted by Crippen LogP contribution is -2.27. The molecule has 0 saturated heterocycles. The van der Waals surface area contributed by atoms with Crippen molar-refractivity contribution in [2.24, 2.45) is 7.05 Å². The Bertz CT molecular complexity index is 493. The van der Waals surface area contributed by atoms with E-state index in [0.29, 0.717) is 6.54 Å². The fourth-order valence-electron chi connectivity index (χ4n) is 1.74. The lowest BCUT2D eigenvalue weighted by Gasteiger charge is -2.19. The Kier molecular flexibility index (Phi) is 2.74. The summed E-state index contributed by atoms with van der Waals surface area (Å²) in [5.41, 5.74) is 0.794. The van der Waals surface area contributed by atoms with Gasteiger partial charge in [-0.05, 0) is 6.92 Å². The first-order chi connectivity index (χ1) is 7.59. The van der Waals surface area contributed by atoms with Gasteiger partial charge in [-0.2, -0.15) is 5.10 Å². The highest BCUT2D eigenvalue weighted by Crippen LogP contribution is 2.20. The van der Waals surface area contributed by atoms with Gasteiger partial charge in [-0.15, -0.1) is 0 Å². The molecular formula is C10H15N5O. The van der Waals surface area contributed by atoms with Gasteiger partial charge in [-0.25, -0.2) is 9.97 Å². The Hall–Kier alpha value is -1.69. The zero-order chi connectivity index (χ0) is 11.7. The number of hydrogen-bond donors (Lipinski definition) is 1. The van der Waals surface area contributed by atoms with Gasteiger partial charge in [0.1, 0.15) is 12.1 Å². The molecule has 0 fully saturated rings. The molecule has 0 aliphatic carbocycles. The van der Waals surface area contributed by atoms with Crippen LogP contribution in [-0.4, -0.2) is 44.6 Å². The molecule has 1 unspecified atom stereocenters. The number of hydrogen-bond acceptors (Lipinski definition) is 5. The van der Waals surface area contributed by atoms with Crippen molar-refractivity contribution in [1.29, 1.82) is 0 Å². The largest absolute Gasteiger partial charge is 0.392 e. The van der Waals surface area contributed by atoms with Crippen molar-refractivity contribution in [3.63, 3.8) is 0 Å². The Morgan fingerprint density at radius 3 is 2.94 bits per heavy atom. The van der Waals surface area contributed by atoms with Crippen LogP contribution in [0.2, 0.25) is 0 Å². The van der Waals surface area contributed by atoms with E-state index in [2.05, 4.69) is 15.1 Å². The highest BCUT2D eigenvalue weighted by molar-refractivity contribution is 5.86. The molecule has 0 bridgehead atoms. The van der Waals surface area contributed by atoms with Crippen LogP contribution in [0.25, 0.3) is 11.0 Å². The Morgan fingerprint density at radius 2 is 2.25 bits per heavy atom. The van der Waals surface area contributed by atoms with Crippen molar-refractivity contribution in [2.45, 2.75) is 13.0 Å². The molecule has 86 valence electrons. The Balaban J connectivity index is 2.44. The van der Waals surface area contributed by atoms with Gasteiger partial charge in [0, 0.05) is 20.6 Å². The average molecular weight is 221 g/mol. The van der Waals surface area contributed by atoms with Gasteiger partial charge in [-0.3, -0.25) is 4.68 Å². The van der Waals surface area contributed by atoms with Crippen LogP contribution in [-0.2, 0) is 7.05 Å². The molecule has 6 heteroatoms. The van der Waals surface area contributed by atoms with Crippen LogP contribution in [0.3, 0.4) is 0 Å². The molecule has 16 heavy (non-hydrogen) atoms. The number of rotatable bonds is 3. The standard InChI is InChI=1S/C10H15N5O/c1-7(16)5-14(2)9-8-4-13-15(3)10(8)12-6-11-9/h4,6-7,16H,5H2,1-3H3. The second kappa shape index (κ2) is 4.05. The number of fused-ring (bicyclic) bond motifs is 1.